The van der Waals surface area contributed by atoms with Crippen molar-refractivity contribution in [2.45, 2.75) is 52.6 Å². The van der Waals surface area contributed by atoms with E-state index in [2.05, 4.69) is 0 Å². The number of carbonyl (C=O) groups is 2. The molecule has 0 aliphatic carbocycles. The molecule has 0 N–H and O–H groups in total. The fourth-order valence-electron chi connectivity index (χ4n) is 2.26. The van der Waals surface area contributed by atoms with Gasteiger partial charge in [-0.3, -0.25) is 9.44 Å². The van der Waals surface area contributed by atoms with E-state index in [1.807, 2.05) is 0 Å². The molecule has 0 aromatic heterocycles. The predicted molar refractivity (Wildman–Crippen MR) is 73.6 cm³/mol. The van der Waals surface area contributed by atoms with Crippen LogP contribution in [-0.4, -0.2) is 42.0 Å². The van der Waals surface area contributed by atoms with Gasteiger partial charge in [-0.25, -0.2) is 0 Å². The number of ether oxygens (including phenoxy) is 2. The van der Waals surface area contributed by atoms with Gasteiger partial charge >= 0.3 is 12.1 Å². The number of rotatable bonds is 2. The second kappa shape index (κ2) is 6.54. The fourth-order valence-corrected chi connectivity index (χ4v) is 2.26. The molecule has 0 radical (unpaired) electrons. The van der Waals surface area contributed by atoms with Crippen LogP contribution in [0.2, 0.25) is 0 Å². The monoisotopic (exact) mass is 287 g/mol. The van der Waals surface area contributed by atoms with E-state index in [-0.39, 0.29) is 19.7 Å². The molecule has 0 saturated carbocycles. The van der Waals surface area contributed by atoms with E-state index >= 15 is 0 Å². The van der Waals surface area contributed by atoms with Gasteiger partial charge in [-0.05, 0) is 47.0 Å². The van der Waals surface area contributed by atoms with Gasteiger partial charge in [-0.15, -0.1) is 0 Å². The van der Waals surface area contributed by atoms with Crippen LogP contribution in [0.15, 0.2) is 0 Å². The number of hydrogen-bond acceptors (Lipinski definition) is 5. The molecule has 1 saturated heterocycles. The van der Waals surface area contributed by atoms with Crippen LogP contribution in [-0.2, 0) is 14.3 Å². The highest BCUT2D eigenvalue weighted by Crippen LogP contribution is 2.25. The van der Waals surface area contributed by atoms with Gasteiger partial charge in [0.05, 0.1) is 13.2 Å². The number of carbonyl (C=O) groups excluding carboxylic acids is 2. The number of nitrogens with zero attached hydrogens (tertiary/aromatic N) is 1. The maximum Gasteiger partial charge on any atom is 0.516 e. The molecule has 0 aromatic rings. The van der Waals surface area contributed by atoms with Crippen LogP contribution in [0.3, 0.4) is 0 Å². The Balaban J connectivity index is 2.80. The lowest BCUT2D eigenvalue weighted by Crippen LogP contribution is -2.53. The van der Waals surface area contributed by atoms with E-state index in [4.69, 9.17) is 9.47 Å². The van der Waals surface area contributed by atoms with Crippen molar-refractivity contribution in [2.75, 3.05) is 19.7 Å². The molecule has 1 aliphatic rings. The van der Waals surface area contributed by atoms with Crippen LogP contribution >= 0.6 is 0 Å². The first kappa shape index (κ1) is 16.9. The molecule has 6 heteroatoms. The first-order valence-corrected chi connectivity index (χ1v) is 7.16. The van der Waals surface area contributed by atoms with E-state index in [0.717, 1.165) is 6.42 Å². The predicted octanol–water partition coefficient (Wildman–Crippen LogP) is 2.60. The normalized spacial score (nSPS) is 27.6. The summed E-state index contributed by atoms with van der Waals surface area (Å²) in [4.78, 5) is 23.9. The standard InChI is InChI=1S/C14H25NO5/c1-5-19-12(16)11-8-6-7-9-15(18,10-11)13(17)20-14(2,3)4/h11H,5-10H2,1-4H3. The SMILES string of the molecule is CCOC(=O)C1CCCC[N+]([O-])(C(=O)OC(C)(C)C)C1. The molecule has 2 unspecified atom stereocenters. The summed E-state index contributed by atoms with van der Waals surface area (Å²) in [5.74, 6) is -0.918. The smallest absolute Gasteiger partial charge is 0.516 e. The molecule has 0 aromatic carbocycles. The largest absolute Gasteiger partial charge is 0.622 e. The summed E-state index contributed by atoms with van der Waals surface area (Å²) < 4.78 is 9.07. The minimum absolute atomic E-state index is 0.0895. The minimum atomic E-state index is -1.10. The summed E-state index contributed by atoms with van der Waals surface area (Å²) in [7, 11) is 0. The molecule has 1 fully saturated rings. The molecular formula is C14H25NO5. The number of likely N-dealkylation sites (tertiary alicyclic amines) is 1. The molecule has 6 nitrogen and oxygen atoms in total. The quantitative estimate of drug-likeness (QED) is 0.443. The van der Waals surface area contributed by atoms with Gasteiger partial charge in [0, 0.05) is 0 Å². The van der Waals surface area contributed by atoms with Crippen LogP contribution in [0.4, 0.5) is 4.79 Å². The number of amides is 1. The molecule has 0 bridgehead atoms. The molecule has 1 rings (SSSR count). The zero-order valence-electron chi connectivity index (χ0n) is 12.8. The van der Waals surface area contributed by atoms with Gasteiger partial charge in [0.25, 0.3) is 0 Å². The Labute approximate surface area is 120 Å². The second-order valence-corrected chi connectivity index (χ2v) is 6.22. The zero-order valence-corrected chi connectivity index (χ0v) is 12.8. The molecule has 1 amide bonds. The van der Waals surface area contributed by atoms with Crippen LogP contribution in [0, 0.1) is 11.1 Å². The molecule has 116 valence electrons. The first-order valence-electron chi connectivity index (χ1n) is 7.16. The van der Waals surface area contributed by atoms with Gasteiger partial charge in [0.15, 0.2) is 0 Å². The van der Waals surface area contributed by atoms with E-state index in [9.17, 15) is 14.8 Å². The summed E-state index contributed by atoms with van der Waals surface area (Å²) in [6.45, 7) is 7.23. The van der Waals surface area contributed by atoms with Gasteiger partial charge in [0.2, 0.25) is 0 Å². The highest BCUT2D eigenvalue weighted by molar-refractivity contribution is 5.73. The maximum absolute atomic E-state index is 12.7. The van der Waals surface area contributed by atoms with Crippen molar-refractivity contribution in [1.82, 2.24) is 0 Å². The Kier molecular flexibility index (Phi) is 5.53. The van der Waals surface area contributed by atoms with Gasteiger partial charge < -0.3 is 14.7 Å². The third-order valence-corrected chi connectivity index (χ3v) is 3.18. The number of hydroxylamine groups is 3. The van der Waals surface area contributed by atoms with E-state index in [1.165, 1.54) is 0 Å². The van der Waals surface area contributed by atoms with Crippen LogP contribution in [0.5, 0.6) is 0 Å². The second-order valence-electron chi connectivity index (χ2n) is 6.22. The van der Waals surface area contributed by atoms with Crippen LogP contribution in [0.1, 0.15) is 47.0 Å². The molecule has 1 heterocycles. The summed E-state index contributed by atoms with van der Waals surface area (Å²) in [5.41, 5.74) is -0.710. The van der Waals surface area contributed by atoms with Gasteiger partial charge in [-0.1, -0.05) is 0 Å². The number of esters is 1. The third-order valence-electron chi connectivity index (χ3n) is 3.18. The van der Waals surface area contributed by atoms with Gasteiger partial charge in [0.1, 0.15) is 18.1 Å². The Hall–Kier alpha value is -1.14. The molecule has 0 spiro atoms. The van der Waals surface area contributed by atoms with E-state index < -0.39 is 28.2 Å². The summed E-state index contributed by atoms with van der Waals surface area (Å²) in [5, 5.41) is 12.7. The maximum atomic E-state index is 12.7. The van der Waals surface area contributed by atoms with E-state index in [1.54, 1.807) is 27.7 Å². The highest BCUT2D eigenvalue weighted by Gasteiger charge is 2.39. The number of hydrogen-bond donors (Lipinski definition) is 0. The highest BCUT2D eigenvalue weighted by atomic mass is 16.7. The Bertz CT molecular complexity index is 363. The van der Waals surface area contributed by atoms with Crippen molar-refractivity contribution in [2.24, 2.45) is 5.92 Å². The van der Waals surface area contributed by atoms with Crippen LogP contribution in [0.25, 0.3) is 0 Å². The lowest BCUT2D eigenvalue weighted by molar-refractivity contribution is -0.810. The van der Waals surface area contributed by atoms with Crippen molar-refractivity contribution in [3.8, 4) is 0 Å². The lowest BCUT2D eigenvalue weighted by Gasteiger charge is -2.39. The Morgan fingerprint density at radius 1 is 1.30 bits per heavy atom. The summed E-state index contributed by atoms with van der Waals surface area (Å²) >= 11 is 0. The summed E-state index contributed by atoms with van der Waals surface area (Å²) in [6, 6.07) is 0. The zero-order chi connectivity index (χ0) is 15.4. The topological polar surface area (TPSA) is 75.7 Å². The van der Waals surface area contributed by atoms with Crippen molar-refractivity contribution >= 4 is 12.1 Å². The fraction of sp³-hybridized carbons (Fsp3) is 0.857. The average Bonchev–Trinajstić information content (AvgIpc) is 2.50. The van der Waals surface area contributed by atoms with Crippen molar-refractivity contribution in [3.05, 3.63) is 5.21 Å². The molecule has 20 heavy (non-hydrogen) atoms. The molecule has 1 aliphatic heterocycles. The van der Waals surface area contributed by atoms with Crippen molar-refractivity contribution in [1.29, 1.82) is 0 Å². The Morgan fingerprint density at radius 3 is 2.50 bits per heavy atom. The molecule has 2 atom stereocenters. The van der Waals surface area contributed by atoms with Crippen molar-refractivity contribution in [3.63, 3.8) is 0 Å². The number of quaternary nitrogens is 1. The Morgan fingerprint density at radius 2 is 1.95 bits per heavy atom. The average molecular weight is 287 g/mol. The minimum Gasteiger partial charge on any atom is -0.622 e. The first-order chi connectivity index (χ1) is 9.18. The van der Waals surface area contributed by atoms with E-state index in [0.29, 0.717) is 12.8 Å². The molecular weight excluding hydrogens is 262 g/mol. The van der Waals surface area contributed by atoms with Gasteiger partial charge in [-0.2, -0.15) is 4.79 Å². The summed E-state index contributed by atoms with van der Waals surface area (Å²) in [6.07, 6.45) is 1.13. The van der Waals surface area contributed by atoms with Crippen LogP contribution < -0.4 is 0 Å². The third kappa shape index (κ3) is 4.76. The lowest BCUT2D eigenvalue weighted by atomic mass is 10.0. The van der Waals surface area contributed by atoms with Crippen molar-refractivity contribution < 1.29 is 23.7 Å².